The summed E-state index contributed by atoms with van der Waals surface area (Å²) in [6, 6.07) is 5.67. The van der Waals surface area contributed by atoms with Gasteiger partial charge in [-0.05, 0) is 37.6 Å². The van der Waals surface area contributed by atoms with E-state index in [2.05, 4.69) is 25.2 Å². The predicted octanol–water partition coefficient (Wildman–Crippen LogP) is 4.40. The Bertz CT molecular complexity index is 372. The minimum absolute atomic E-state index is 0.598. The fourth-order valence-corrected chi connectivity index (χ4v) is 1.71. The van der Waals surface area contributed by atoms with Gasteiger partial charge in [0.25, 0.3) is 0 Å². The maximum absolute atomic E-state index is 5.95. The Hall–Kier alpha value is -0.500. The molecule has 16 heavy (non-hydrogen) atoms. The molecule has 1 aromatic carbocycles. The summed E-state index contributed by atoms with van der Waals surface area (Å²) in [5.74, 6) is 0. The Labute approximate surface area is 107 Å². The molecule has 0 radical (unpaired) electrons. The molecule has 0 aromatic heterocycles. The van der Waals surface area contributed by atoms with Crippen LogP contribution in [0.5, 0.6) is 0 Å². The molecule has 0 aliphatic rings. The molecule has 3 heteroatoms. The molecule has 0 atom stereocenters. The summed E-state index contributed by atoms with van der Waals surface area (Å²) >= 11 is 11.8. The minimum atomic E-state index is 0.598. The van der Waals surface area contributed by atoms with E-state index in [-0.39, 0.29) is 0 Å². The third kappa shape index (κ3) is 4.56. The summed E-state index contributed by atoms with van der Waals surface area (Å²) in [6.07, 6.45) is 3.27. The van der Waals surface area contributed by atoms with E-state index < -0.39 is 0 Å². The lowest BCUT2D eigenvalue weighted by Crippen LogP contribution is -2.16. The van der Waals surface area contributed by atoms with Gasteiger partial charge >= 0.3 is 0 Å². The van der Waals surface area contributed by atoms with Gasteiger partial charge in [-0.3, -0.25) is 0 Å². The van der Waals surface area contributed by atoms with Crippen LogP contribution in [0.1, 0.15) is 25.8 Å². The van der Waals surface area contributed by atoms with Gasteiger partial charge in [-0.25, -0.2) is 0 Å². The molecule has 0 amide bonds. The first-order valence-electron chi connectivity index (χ1n) is 5.46. The molecule has 0 fully saturated rings. The molecule has 1 rings (SSSR count). The van der Waals surface area contributed by atoms with Gasteiger partial charge in [0.15, 0.2) is 0 Å². The van der Waals surface area contributed by atoms with Crippen LogP contribution < -0.4 is 5.32 Å². The van der Waals surface area contributed by atoms with E-state index in [1.54, 1.807) is 0 Å². The summed E-state index contributed by atoms with van der Waals surface area (Å²) in [6.45, 7) is 6.22. The van der Waals surface area contributed by atoms with Crippen LogP contribution in [0.2, 0.25) is 10.0 Å². The van der Waals surface area contributed by atoms with Crippen molar-refractivity contribution in [1.29, 1.82) is 0 Å². The third-order valence-corrected chi connectivity index (χ3v) is 2.93. The molecule has 0 saturated heterocycles. The van der Waals surface area contributed by atoms with E-state index in [1.165, 1.54) is 5.57 Å². The SMILES string of the molecule is CCCNCC(C)=Cc1ccc(Cl)c(Cl)c1. The number of halogens is 2. The molecular formula is C13H17Cl2N. The maximum atomic E-state index is 5.95. The topological polar surface area (TPSA) is 12.0 Å². The van der Waals surface area contributed by atoms with E-state index in [0.717, 1.165) is 25.1 Å². The third-order valence-electron chi connectivity index (χ3n) is 2.19. The van der Waals surface area contributed by atoms with Crippen molar-refractivity contribution in [1.82, 2.24) is 5.32 Å². The molecule has 1 nitrogen and oxygen atoms in total. The minimum Gasteiger partial charge on any atom is -0.313 e. The molecule has 1 N–H and O–H groups in total. The first-order valence-corrected chi connectivity index (χ1v) is 6.22. The number of benzene rings is 1. The maximum Gasteiger partial charge on any atom is 0.0598 e. The lowest BCUT2D eigenvalue weighted by atomic mass is 10.1. The van der Waals surface area contributed by atoms with Gasteiger partial charge in [-0.15, -0.1) is 0 Å². The van der Waals surface area contributed by atoms with E-state index in [0.29, 0.717) is 10.0 Å². The van der Waals surface area contributed by atoms with Crippen LogP contribution in [-0.4, -0.2) is 13.1 Å². The van der Waals surface area contributed by atoms with Crippen molar-refractivity contribution in [2.45, 2.75) is 20.3 Å². The highest BCUT2D eigenvalue weighted by Gasteiger charge is 1.98. The Morgan fingerprint density at radius 2 is 2.06 bits per heavy atom. The average Bonchev–Trinajstić information content (AvgIpc) is 2.24. The van der Waals surface area contributed by atoms with Crippen LogP contribution >= 0.6 is 23.2 Å². The summed E-state index contributed by atoms with van der Waals surface area (Å²) in [4.78, 5) is 0. The van der Waals surface area contributed by atoms with Crippen LogP contribution in [0, 0.1) is 0 Å². The van der Waals surface area contributed by atoms with Crippen molar-refractivity contribution in [3.05, 3.63) is 39.4 Å². The van der Waals surface area contributed by atoms with Gasteiger partial charge in [0.1, 0.15) is 0 Å². The second-order valence-corrected chi connectivity index (χ2v) is 4.66. The lowest BCUT2D eigenvalue weighted by Gasteiger charge is -2.04. The molecule has 0 aliphatic heterocycles. The highest BCUT2D eigenvalue weighted by atomic mass is 35.5. The van der Waals surface area contributed by atoms with Crippen LogP contribution in [-0.2, 0) is 0 Å². The number of nitrogens with one attached hydrogen (secondary N) is 1. The lowest BCUT2D eigenvalue weighted by molar-refractivity contribution is 0.715. The van der Waals surface area contributed by atoms with Gasteiger partial charge < -0.3 is 5.32 Å². The van der Waals surface area contributed by atoms with E-state index in [9.17, 15) is 0 Å². The van der Waals surface area contributed by atoms with Crippen molar-refractivity contribution in [2.75, 3.05) is 13.1 Å². The van der Waals surface area contributed by atoms with Crippen molar-refractivity contribution in [3.8, 4) is 0 Å². The first kappa shape index (κ1) is 13.6. The zero-order chi connectivity index (χ0) is 12.0. The zero-order valence-corrected chi connectivity index (χ0v) is 11.2. The van der Waals surface area contributed by atoms with Crippen molar-refractivity contribution >= 4 is 29.3 Å². The molecular weight excluding hydrogens is 241 g/mol. The van der Waals surface area contributed by atoms with Crippen LogP contribution in [0.3, 0.4) is 0 Å². The Morgan fingerprint density at radius 1 is 1.31 bits per heavy atom. The van der Waals surface area contributed by atoms with Gasteiger partial charge in [-0.1, -0.05) is 47.8 Å². The monoisotopic (exact) mass is 257 g/mol. The normalized spacial score (nSPS) is 11.9. The second-order valence-electron chi connectivity index (χ2n) is 3.84. The van der Waals surface area contributed by atoms with Crippen LogP contribution in [0.15, 0.2) is 23.8 Å². The smallest absolute Gasteiger partial charge is 0.0598 e. The summed E-state index contributed by atoms with van der Waals surface area (Å²) in [5, 5.41) is 4.55. The van der Waals surface area contributed by atoms with E-state index >= 15 is 0 Å². The van der Waals surface area contributed by atoms with Crippen molar-refractivity contribution < 1.29 is 0 Å². The summed E-state index contributed by atoms with van der Waals surface area (Å²) in [7, 11) is 0. The van der Waals surface area contributed by atoms with Gasteiger partial charge in [0, 0.05) is 6.54 Å². The van der Waals surface area contributed by atoms with Gasteiger partial charge in [0.05, 0.1) is 10.0 Å². The molecule has 0 aliphatic carbocycles. The quantitative estimate of drug-likeness (QED) is 0.772. The largest absolute Gasteiger partial charge is 0.313 e. The first-order chi connectivity index (χ1) is 7.63. The zero-order valence-electron chi connectivity index (χ0n) is 9.69. The van der Waals surface area contributed by atoms with Crippen LogP contribution in [0.25, 0.3) is 6.08 Å². The molecule has 0 spiro atoms. The number of rotatable bonds is 5. The van der Waals surface area contributed by atoms with Crippen molar-refractivity contribution in [3.63, 3.8) is 0 Å². The van der Waals surface area contributed by atoms with Crippen molar-refractivity contribution in [2.24, 2.45) is 0 Å². The Balaban J connectivity index is 2.63. The molecule has 1 aromatic rings. The Morgan fingerprint density at radius 3 is 2.69 bits per heavy atom. The highest BCUT2D eigenvalue weighted by Crippen LogP contribution is 2.23. The summed E-state index contributed by atoms with van der Waals surface area (Å²) < 4.78 is 0. The molecule has 0 bridgehead atoms. The molecule has 0 saturated carbocycles. The predicted molar refractivity (Wildman–Crippen MR) is 73.3 cm³/mol. The summed E-state index contributed by atoms with van der Waals surface area (Å²) in [5.41, 5.74) is 2.37. The fourth-order valence-electron chi connectivity index (χ4n) is 1.40. The molecule has 0 unspecified atom stereocenters. The molecule has 88 valence electrons. The highest BCUT2D eigenvalue weighted by molar-refractivity contribution is 6.42. The van der Waals surface area contributed by atoms with E-state index in [1.807, 2.05) is 18.2 Å². The fraction of sp³-hybridized carbons (Fsp3) is 0.385. The second kappa shape index (κ2) is 6.95. The van der Waals surface area contributed by atoms with Gasteiger partial charge in [0.2, 0.25) is 0 Å². The van der Waals surface area contributed by atoms with Gasteiger partial charge in [-0.2, -0.15) is 0 Å². The average molecular weight is 258 g/mol. The number of hydrogen-bond donors (Lipinski definition) is 1. The molecule has 0 heterocycles. The standard InChI is InChI=1S/C13H17Cl2N/c1-3-6-16-9-10(2)7-11-4-5-12(14)13(15)8-11/h4-5,7-8,16H,3,6,9H2,1-2H3. The Kier molecular flexibility index (Phi) is 5.89. The van der Waals surface area contributed by atoms with Crippen LogP contribution in [0.4, 0.5) is 0 Å². The van der Waals surface area contributed by atoms with E-state index in [4.69, 9.17) is 23.2 Å². The number of hydrogen-bond acceptors (Lipinski definition) is 1.